The molecule has 5 N–H and O–H groups in total. The summed E-state index contributed by atoms with van der Waals surface area (Å²) >= 11 is 0. The first-order valence-corrected chi connectivity index (χ1v) is 21.4. The van der Waals surface area contributed by atoms with Gasteiger partial charge in [0, 0.05) is 24.7 Å². The maximum absolute atomic E-state index is 14.9. The van der Waals surface area contributed by atoms with Crippen LogP contribution in [0.15, 0.2) is 72.8 Å². The van der Waals surface area contributed by atoms with Gasteiger partial charge < -0.3 is 50.0 Å². The summed E-state index contributed by atoms with van der Waals surface area (Å²) in [5, 5.41) is 24.5. The molecule has 15 heteroatoms. The summed E-state index contributed by atoms with van der Waals surface area (Å²) in [5.41, 5.74) is 8.41. The van der Waals surface area contributed by atoms with E-state index in [9.17, 15) is 33.0 Å². The fourth-order valence-corrected chi connectivity index (χ4v) is 7.73. The van der Waals surface area contributed by atoms with Crippen molar-refractivity contribution in [3.8, 4) is 34.1 Å². The van der Waals surface area contributed by atoms with Crippen molar-refractivity contribution in [1.29, 1.82) is 0 Å². The van der Waals surface area contributed by atoms with Crippen molar-refractivity contribution >= 4 is 11.7 Å². The summed E-state index contributed by atoms with van der Waals surface area (Å²) in [7, 11) is 2.72. The second-order valence-electron chi connectivity index (χ2n) is 16.5. The van der Waals surface area contributed by atoms with E-state index in [0.717, 1.165) is 69.1 Å². The Bertz CT molecular complexity index is 2110. The van der Waals surface area contributed by atoms with E-state index in [2.05, 4.69) is 15.1 Å². The van der Waals surface area contributed by atoms with E-state index in [0.29, 0.717) is 12.1 Å². The Kier molecular flexibility index (Phi) is 17.8. The van der Waals surface area contributed by atoms with Crippen molar-refractivity contribution < 1.29 is 51.9 Å². The van der Waals surface area contributed by atoms with Crippen LogP contribution < -0.4 is 30.0 Å². The summed E-state index contributed by atoms with van der Waals surface area (Å²) in [4.78, 5) is 30.4. The number of likely N-dealkylation sites (tertiary alicyclic amines) is 2. The zero-order chi connectivity index (χ0) is 45.8. The van der Waals surface area contributed by atoms with Crippen molar-refractivity contribution in [2.24, 2.45) is 5.73 Å². The highest BCUT2D eigenvalue weighted by molar-refractivity contribution is 6.42. The summed E-state index contributed by atoms with van der Waals surface area (Å²) in [6, 6.07) is 16.5. The number of benzene rings is 4. The molecule has 2 saturated heterocycles. The predicted octanol–water partition coefficient (Wildman–Crippen LogP) is 7.00. The van der Waals surface area contributed by atoms with Crippen LogP contribution in [-0.2, 0) is 4.79 Å². The number of carbonyl (C=O) groups is 2. The van der Waals surface area contributed by atoms with Crippen LogP contribution in [0.25, 0.3) is 11.1 Å². The number of rotatable bonds is 18. The van der Waals surface area contributed by atoms with E-state index in [1.54, 1.807) is 44.2 Å². The Labute approximate surface area is 368 Å². The van der Waals surface area contributed by atoms with Crippen LogP contribution in [0.4, 0.5) is 13.2 Å². The molecule has 0 aromatic heterocycles. The smallest absolute Gasteiger partial charge is 0.292 e. The van der Waals surface area contributed by atoms with Crippen LogP contribution in [0.1, 0.15) is 87.1 Å². The normalized spacial score (nSPS) is 16.2. The van der Waals surface area contributed by atoms with Gasteiger partial charge in [-0.2, -0.15) is 0 Å². The van der Waals surface area contributed by atoms with Gasteiger partial charge in [0.1, 0.15) is 11.9 Å². The molecule has 4 aromatic carbocycles. The highest BCUT2D eigenvalue weighted by atomic mass is 19.1. The molecule has 0 radical (unpaired) electrons. The van der Waals surface area contributed by atoms with Crippen LogP contribution >= 0.6 is 0 Å². The maximum Gasteiger partial charge on any atom is 0.292 e. The number of ether oxygens (including phenoxy) is 4. The first kappa shape index (κ1) is 48.8. The number of hydrogen-bond donors (Lipinski definition) is 4. The number of halogens is 3. The molecule has 4 atom stereocenters. The second-order valence-corrected chi connectivity index (χ2v) is 16.5. The molecular formula is C48H61F3N4O8. The number of nitrogens with one attached hydrogen (secondary N) is 1. The van der Waals surface area contributed by atoms with E-state index >= 15 is 0 Å². The van der Waals surface area contributed by atoms with Crippen molar-refractivity contribution in [1.82, 2.24) is 15.1 Å². The molecule has 1 amide bonds. The molecule has 0 saturated carbocycles. The minimum absolute atomic E-state index is 0.0442. The first-order chi connectivity index (χ1) is 30.1. The summed E-state index contributed by atoms with van der Waals surface area (Å²) in [6.07, 6.45) is 1.61. The van der Waals surface area contributed by atoms with Gasteiger partial charge in [0.15, 0.2) is 34.6 Å². The van der Waals surface area contributed by atoms with Crippen molar-refractivity contribution in [3.05, 3.63) is 107 Å². The first-order valence-electron chi connectivity index (χ1n) is 21.4. The minimum atomic E-state index is -1.33. The van der Waals surface area contributed by atoms with Gasteiger partial charge in [0.25, 0.3) is 5.91 Å². The lowest BCUT2D eigenvalue weighted by molar-refractivity contribution is -0.118. The molecule has 0 unspecified atom stereocenters. The van der Waals surface area contributed by atoms with Gasteiger partial charge in [-0.05, 0) is 138 Å². The molecule has 12 nitrogen and oxygen atoms in total. The maximum atomic E-state index is 14.9. The molecule has 342 valence electrons. The molecule has 2 aliphatic heterocycles. The number of nitrogens with two attached hydrogens (primary N) is 1. The zero-order valence-corrected chi connectivity index (χ0v) is 36.9. The van der Waals surface area contributed by atoms with Gasteiger partial charge >= 0.3 is 0 Å². The van der Waals surface area contributed by atoms with Crippen LogP contribution in [0.3, 0.4) is 0 Å². The van der Waals surface area contributed by atoms with Crippen LogP contribution in [0.2, 0.25) is 0 Å². The Morgan fingerprint density at radius 3 is 1.54 bits per heavy atom. The lowest BCUT2D eigenvalue weighted by Gasteiger charge is -2.29. The van der Waals surface area contributed by atoms with Crippen molar-refractivity contribution in [2.45, 2.75) is 89.9 Å². The molecular weight excluding hydrogens is 818 g/mol. The van der Waals surface area contributed by atoms with Crippen molar-refractivity contribution in [2.75, 3.05) is 53.5 Å². The number of amides is 1. The highest BCUT2D eigenvalue weighted by Gasteiger charge is 2.31. The molecule has 2 heterocycles. The summed E-state index contributed by atoms with van der Waals surface area (Å²) in [6.45, 7) is 11.7. The summed E-state index contributed by atoms with van der Waals surface area (Å²) < 4.78 is 63.9. The minimum Gasteiger partial charge on any atom is -0.490 e. The SMILES string of the molecule is COc1c(F)cc([C@@H](O)[C@@H](CN2CCCC2)NC(=O)C(=O)c2ccc(-c3ccc(F)cc3)cc2)cc1OC(C)C.COc1c(F)cc([C@@H](O)[C@H](N)CN2CCCC2)cc1OC(C)C. The topological polar surface area (TPSA) is 156 Å². The van der Waals surface area contributed by atoms with E-state index in [1.807, 2.05) is 13.8 Å². The number of carbonyl (C=O) groups excluding carboxylic acids is 2. The number of methoxy groups -OCH3 is 2. The number of hydrogen-bond acceptors (Lipinski definition) is 11. The largest absolute Gasteiger partial charge is 0.490 e. The fourth-order valence-electron chi connectivity index (χ4n) is 7.73. The van der Waals surface area contributed by atoms with Crippen LogP contribution in [0, 0.1) is 17.5 Å². The number of nitrogens with zero attached hydrogens (tertiary/aromatic N) is 2. The lowest BCUT2D eigenvalue weighted by atomic mass is 9.99. The van der Waals surface area contributed by atoms with Gasteiger partial charge in [0.2, 0.25) is 5.78 Å². The molecule has 0 aliphatic carbocycles. The third-order valence-electron chi connectivity index (χ3n) is 10.8. The molecule has 63 heavy (non-hydrogen) atoms. The van der Waals surface area contributed by atoms with Crippen molar-refractivity contribution in [3.63, 3.8) is 0 Å². The van der Waals surface area contributed by atoms with Crippen LogP contribution in [0.5, 0.6) is 23.0 Å². The Balaban J connectivity index is 0.000000276. The third kappa shape index (κ3) is 13.4. The monoisotopic (exact) mass is 878 g/mol. The van der Waals surface area contributed by atoms with Crippen LogP contribution in [-0.4, -0.2) is 109 Å². The Morgan fingerprint density at radius 1 is 0.667 bits per heavy atom. The molecule has 2 fully saturated rings. The Hall–Kier alpha value is -5.19. The lowest BCUT2D eigenvalue weighted by Crippen LogP contribution is -2.48. The van der Waals surface area contributed by atoms with Gasteiger partial charge in [0.05, 0.1) is 38.6 Å². The average Bonchev–Trinajstić information content (AvgIpc) is 3.97. The quantitative estimate of drug-likeness (QED) is 0.0603. The van der Waals surface area contributed by atoms with E-state index in [1.165, 1.54) is 50.6 Å². The van der Waals surface area contributed by atoms with Gasteiger partial charge in [-0.25, -0.2) is 13.2 Å². The number of ketones is 1. The highest BCUT2D eigenvalue weighted by Crippen LogP contribution is 2.37. The molecule has 2 aliphatic rings. The zero-order valence-electron chi connectivity index (χ0n) is 36.9. The van der Waals surface area contributed by atoms with Gasteiger partial charge in [-0.3, -0.25) is 9.59 Å². The average molecular weight is 879 g/mol. The molecule has 0 bridgehead atoms. The second kappa shape index (κ2) is 22.9. The van der Waals surface area contributed by atoms with E-state index in [-0.39, 0.29) is 58.7 Å². The predicted molar refractivity (Wildman–Crippen MR) is 235 cm³/mol. The molecule has 4 aromatic rings. The van der Waals surface area contributed by atoms with Gasteiger partial charge in [-0.1, -0.05) is 36.4 Å². The standard InChI is InChI=1S/C31H34F2N2O5.C17H27FN2O3/c1-19(2)40-27-17-23(16-25(33)30(27)39-3)28(36)26(18-35-14-4-5-15-35)34-31(38)29(37)22-8-6-20(7-9-22)21-10-12-24(32)13-11-21;1-11(2)23-15-9-12(8-13(18)17(15)22-3)16(21)14(19)10-20-6-4-5-7-20/h6-13,16-17,19,26,28,36H,4-5,14-15,18H2,1-3H3,(H,34,38);8-9,11,14,16,21H,4-7,10,19H2,1-3H3/t26-,28-;14-,16-/m11/s1. The molecule has 0 spiro atoms. The molecule has 6 rings (SSSR count). The van der Waals surface area contributed by atoms with E-state index < -0.39 is 47.6 Å². The number of aliphatic hydroxyl groups excluding tert-OH is 2. The Morgan fingerprint density at radius 2 is 1.10 bits per heavy atom. The summed E-state index contributed by atoms with van der Waals surface area (Å²) in [5.74, 6) is -2.89. The van der Waals surface area contributed by atoms with E-state index in [4.69, 9.17) is 24.7 Å². The van der Waals surface area contributed by atoms with Gasteiger partial charge in [-0.15, -0.1) is 0 Å². The fraction of sp³-hybridized carbons (Fsp3) is 0.458. The number of Topliss-reactive ketones (excluding diaryl/α,β-unsaturated/α-hetero) is 1. The third-order valence-corrected chi connectivity index (χ3v) is 10.8. The number of aliphatic hydroxyl groups is 2.